The molecule has 0 spiro atoms. The van der Waals surface area contributed by atoms with E-state index in [-0.39, 0.29) is 29.0 Å². The third-order valence-corrected chi connectivity index (χ3v) is 7.15. The van der Waals surface area contributed by atoms with Gasteiger partial charge in [0, 0.05) is 11.4 Å². The summed E-state index contributed by atoms with van der Waals surface area (Å²) >= 11 is 7.45. The van der Waals surface area contributed by atoms with E-state index in [1.165, 1.54) is 23.5 Å². The van der Waals surface area contributed by atoms with Crippen molar-refractivity contribution in [3.8, 4) is 16.9 Å². The molecule has 3 rings (SSSR count). The average Bonchev–Trinajstić information content (AvgIpc) is 3.18. The highest BCUT2D eigenvalue weighted by molar-refractivity contribution is 7.14. The lowest BCUT2D eigenvalue weighted by molar-refractivity contribution is -0.138. The lowest BCUT2D eigenvalue weighted by Crippen LogP contribution is -2.25. The molecule has 0 fully saturated rings. The van der Waals surface area contributed by atoms with Crippen LogP contribution in [0.15, 0.2) is 42.5 Å². The molecule has 2 N–H and O–H groups in total. The van der Waals surface area contributed by atoms with Crippen molar-refractivity contribution in [2.45, 2.75) is 45.9 Å². The molecule has 1 unspecified atom stereocenters. The van der Waals surface area contributed by atoms with Crippen molar-refractivity contribution in [2.75, 3.05) is 6.54 Å². The van der Waals surface area contributed by atoms with Crippen molar-refractivity contribution in [2.24, 2.45) is 0 Å². The molecule has 0 radical (unpaired) electrons. The smallest absolute Gasteiger partial charge is 0.416 e. The molecule has 3 aromatic rings. The van der Waals surface area contributed by atoms with Crippen LogP contribution in [0.1, 0.15) is 57.1 Å². The van der Waals surface area contributed by atoms with Crippen LogP contribution in [-0.2, 0) is 11.0 Å². The standard InChI is InChI=1S/C26H25ClF3NO4S/c1-4-20(21-13-19(27)24(36-21)25(34)31-10-9-22(32)33)35-18-11-14(2)23(15(3)12-18)16-5-7-17(8-6-16)26(28,29)30/h5-8,11-13,20H,4,9-10H2,1-3H3,(H,31,34)(H,32,33). The van der Waals surface area contributed by atoms with Crippen LogP contribution >= 0.6 is 22.9 Å². The van der Waals surface area contributed by atoms with Gasteiger partial charge in [0.05, 0.1) is 17.0 Å². The number of carboxylic acid groups (broad SMARTS) is 1. The van der Waals surface area contributed by atoms with Crippen LogP contribution in [0.5, 0.6) is 5.75 Å². The molecule has 2 aromatic carbocycles. The maximum Gasteiger partial charge on any atom is 0.416 e. The number of alkyl halides is 3. The summed E-state index contributed by atoms with van der Waals surface area (Å²) in [5.41, 5.74) is 2.52. The van der Waals surface area contributed by atoms with E-state index in [0.29, 0.717) is 17.7 Å². The average molecular weight is 540 g/mol. The van der Waals surface area contributed by atoms with Gasteiger partial charge in [-0.3, -0.25) is 9.59 Å². The predicted octanol–water partition coefficient (Wildman–Crippen LogP) is 7.44. The summed E-state index contributed by atoms with van der Waals surface area (Å²) in [5, 5.41) is 11.5. The molecule has 1 amide bonds. The normalized spacial score (nSPS) is 12.3. The monoisotopic (exact) mass is 539 g/mol. The lowest BCUT2D eigenvalue weighted by atomic mass is 9.94. The van der Waals surface area contributed by atoms with Crippen molar-refractivity contribution in [3.05, 3.63) is 73.9 Å². The van der Waals surface area contributed by atoms with Gasteiger partial charge in [0.25, 0.3) is 5.91 Å². The topological polar surface area (TPSA) is 75.6 Å². The van der Waals surface area contributed by atoms with Gasteiger partial charge in [0.2, 0.25) is 0 Å². The summed E-state index contributed by atoms with van der Waals surface area (Å²) in [6.07, 6.45) is -4.37. The zero-order valence-corrected chi connectivity index (χ0v) is 21.4. The molecule has 192 valence electrons. The fourth-order valence-corrected chi connectivity index (χ4v) is 5.31. The minimum Gasteiger partial charge on any atom is -0.485 e. The van der Waals surface area contributed by atoms with Crippen LogP contribution in [-0.4, -0.2) is 23.5 Å². The molecular formula is C26H25ClF3NO4S. The Morgan fingerprint density at radius 2 is 1.72 bits per heavy atom. The molecule has 1 aromatic heterocycles. The van der Waals surface area contributed by atoms with Crippen LogP contribution < -0.4 is 10.1 Å². The summed E-state index contributed by atoms with van der Waals surface area (Å²) in [5.74, 6) is -0.868. The maximum absolute atomic E-state index is 12.9. The van der Waals surface area contributed by atoms with E-state index in [2.05, 4.69) is 5.32 Å². The first-order chi connectivity index (χ1) is 16.9. The number of carboxylic acids is 1. The Morgan fingerprint density at radius 3 is 2.25 bits per heavy atom. The SMILES string of the molecule is CCC(Oc1cc(C)c(-c2ccc(C(F)(F)F)cc2)c(C)c1)c1cc(Cl)c(C(=O)NCCC(=O)O)s1. The predicted molar refractivity (Wildman–Crippen MR) is 134 cm³/mol. The molecule has 0 aliphatic rings. The second-order valence-corrected chi connectivity index (χ2v) is 9.74. The highest BCUT2D eigenvalue weighted by Gasteiger charge is 2.30. The summed E-state index contributed by atoms with van der Waals surface area (Å²) < 4.78 is 45.0. The van der Waals surface area contributed by atoms with Crippen LogP contribution in [0, 0.1) is 13.8 Å². The third kappa shape index (κ3) is 6.59. The van der Waals surface area contributed by atoms with Gasteiger partial charge in [-0.1, -0.05) is 30.7 Å². The highest BCUT2D eigenvalue weighted by atomic mass is 35.5. The van der Waals surface area contributed by atoms with Gasteiger partial charge in [-0.15, -0.1) is 11.3 Å². The number of carbonyl (C=O) groups is 2. The number of carbonyl (C=O) groups excluding carboxylic acids is 1. The summed E-state index contributed by atoms with van der Waals surface area (Å²) in [6.45, 7) is 5.67. The first-order valence-corrected chi connectivity index (χ1v) is 12.3. The Hall–Kier alpha value is -3.04. The molecule has 36 heavy (non-hydrogen) atoms. The number of aryl methyl sites for hydroxylation is 2. The van der Waals surface area contributed by atoms with E-state index in [0.717, 1.165) is 33.7 Å². The second-order valence-electron chi connectivity index (χ2n) is 8.25. The third-order valence-electron chi connectivity index (χ3n) is 5.51. The fourth-order valence-electron chi connectivity index (χ4n) is 3.84. The van der Waals surface area contributed by atoms with Crippen molar-refractivity contribution in [1.29, 1.82) is 0 Å². The molecule has 1 heterocycles. The number of hydrogen-bond donors (Lipinski definition) is 2. The number of benzene rings is 2. The Kier molecular flexibility index (Phi) is 8.68. The second kappa shape index (κ2) is 11.3. The molecule has 0 saturated carbocycles. The Bertz CT molecular complexity index is 1230. The number of thiophene rings is 1. The van der Waals surface area contributed by atoms with E-state index in [1.54, 1.807) is 6.07 Å². The zero-order valence-electron chi connectivity index (χ0n) is 19.8. The van der Waals surface area contributed by atoms with Gasteiger partial charge in [0.1, 0.15) is 16.7 Å². The minimum atomic E-state index is -4.39. The van der Waals surface area contributed by atoms with Crippen LogP contribution in [0.4, 0.5) is 13.2 Å². The van der Waals surface area contributed by atoms with Gasteiger partial charge in [-0.2, -0.15) is 13.2 Å². The van der Waals surface area contributed by atoms with Crippen molar-refractivity contribution >= 4 is 34.8 Å². The van der Waals surface area contributed by atoms with Crippen LogP contribution in [0.3, 0.4) is 0 Å². The van der Waals surface area contributed by atoms with Crippen molar-refractivity contribution in [3.63, 3.8) is 0 Å². The number of hydrogen-bond acceptors (Lipinski definition) is 4. The summed E-state index contributed by atoms with van der Waals surface area (Å²) in [6, 6.07) is 10.4. The lowest BCUT2D eigenvalue weighted by Gasteiger charge is -2.19. The zero-order chi connectivity index (χ0) is 26.6. The quantitative estimate of drug-likeness (QED) is 0.296. The number of aliphatic carboxylic acids is 1. The molecular weight excluding hydrogens is 515 g/mol. The molecule has 0 aliphatic heterocycles. The van der Waals surface area contributed by atoms with E-state index in [4.69, 9.17) is 21.4 Å². The van der Waals surface area contributed by atoms with Crippen LogP contribution in [0.25, 0.3) is 11.1 Å². The molecule has 10 heteroatoms. The maximum atomic E-state index is 12.9. The van der Waals surface area contributed by atoms with Gasteiger partial charge >= 0.3 is 12.1 Å². The van der Waals surface area contributed by atoms with Gasteiger partial charge < -0.3 is 15.2 Å². The van der Waals surface area contributed by atoms with Crippen molar-refractivity contribution in [1.82, 2.24) is 5.32 Å². The number of amides is 1. The Labute approximate surface area is 215 Å². The van der Waals surface area contributed by atoms with Crippen molar-refractivity contribution < 1.29 is 32.6 Å². The van der Waals surface area contributed by atoms with Gasteiger partial charge in [-0.25, -0.2) is 0 Å². The number of rotatable bonds is 9. The number of nitrogens with one attached hydrogen (secondary N) is 1. The first-order valence-electron chi connectivity index (χ1n) is 11.2. The first kappa shape index (κ1) is 27.5. The van der Waals surface area contributed by atoms with E-state index in [9.17, 15) is 22.8 Å². The Balaban J connectivity index is 1.80. The van der Waals surface area contributed by atoms with E-state index in [1.807, 2.05) is 32.9 Å². The van der Waals surface area contributed by atoms with Crippen LogP contribution in [0.2, 0.25) is 5.02 Å². The highest BCUT2D eigenvalue weighted by Crippen LogP contribution is 2.38. The Morgan fingerprint density at radius 1 is 1.11 bits per heavy atom. The van der Waals surface area contributed by atoms with Gasteiger partial charge in [-0.05, 0) is 72.9 Å². The van der Waals surface area contributed by atoms with E-state index >= 15 is 0 Å². The molecule has 1 atom stereocenters. The summed E-state index contributed by atoms with van der Waals surface area (Å²) in [7, 11) is 0. The largest absolute Gasteiger partial charge is 0.485 e. The molecule has 0 aliphatic carbocycles. The van der Waals surface area contributed by atoms with Gasteiger partial charge in [0.15, 0.2) is 0 Å². The minimum absolute atomic E-state index is 0.00469. The number of halogens is 4. The molecule has 0 bridgehead atoms. The summed E-state index contributed by atoms with van der Waals surface area (Å²) in [4.78, 5) is 24.1. The fraction of sp³-hybridized carbons (Fsp3) is 0.308. The molecule has 5 nitrogen and oxygen atoms in total. The van der Waals surface area contributed by atoms with E-state index < -0.39 is 23.6 Å². The molecule has 0 saturated heterocycles. The number of ether oxygens (including phenoxy) is 1.